The summed E-state index contributed by atoms with van der Waals surface area (Å²) >= 11 is 0. The van der Waals surface area contributed by atoms with Gasteiger partial charge < -0.3 is 19.7 Å². The molecule has 0 amide bonds. The summed E-state index contributed by atoms with van der Waals surface area (Å²) < 4.78 is 11.0. The fourth-order valence-electron chi connectivity index (χ4n) is 1.50. The van der Waals surface area contributed by atoms with Gasteiger partial charge in [0, 0.05) is 0 Å². The van der Waals surface area contributed by atoms with Crippen molar-refractivity contribution >= 4 is 0 Å². The van der Waals surface area contributed by atoms with Gasteiger partial charge in [-0.15, -0.1) is 0 Å². The molecule has 4 heteroatoms. The standard InChI is InChI=1S/C16H16O4/c1-12(10-19-15-6-2-13(17)3-7-15)11-20-16-8-4-14(18)5-9-16/h2-9,17-18H,1,10-11H2. The van der Waals surface area contributed by atoms with Gasteiger partial charge in [0.25, 0.3) is 0 Å². The van der Waals surface area contributed by atoms with E-state index in [0.29, 0.717) is 24.7 Å². The van der Waals surface area contributed by atoms with Crippen LogP contribution in [0.25, 0.3) is 0 Å². The summed E-state index contributed by atoms with van der Waals surface area (Å²) in [6.45, 7) is 4.54. The Morgan fingerprint density at radius 2 is 1.10 bits per heavy atom. The van der Waals surface area contributed by atoms with Gasteiger partial charge in [0.05, 0.1) is 0 Å². The molecule has 0 atom stereocenters. The minimum absolute atomic E-state index is 0.201. The maximum absolute atomic E-state index is 9.15. The van der Waals surface area contributed by atoms with E-state index in [9.17, 15) is 0 Å². The van der Waals surface area contributed by atoms with Crippen molar-refractivity contribution in [1.29, 1.82) is 0 Å². The van der Waals surface area contributed by atoms with Gasteiger partial charge in [0.2, 0.25) is 0 Å². The molecular formula is C16H16O4. The van der Waals surface area contributed by atoms with Crippen molar-refractivity contribution in [2.45, 2.75) is 0 Å². The van der Waals surface area contributed by atoms with E-state index in [0.717, 1.165) is 5.57 Å². The molecule has 0 heterocycles. The van der Waals surface area contributed by atoms with Crippen molar-refractivity contribution in [3.05, 3.63) is 60.7 Å². The second kappa shape index (κ2) is 6.52. The Morgan fingerprint density at radius 1 is 0.750 bits per heavy atom. The van der Waals surface area contributed by atoms with E-state index in [2.05, 4.69) is 6.58 Å². The number of phenols is 2. The molecule has 0 unspecified atom stereocenters. The molecule has 4 nitrogen and oxygen atoms in total. The molecule has 2 aromatic rings. The topological polar surface area (TPSA) is 58.9 Å². The number of benzene rings is 2. The van der Waals surface area contributed by atoms with Gasteiger partial charge in [0.15, 0.2) is 0 Å². The molecule has 0 aliphatic carbocycles. The highest BCUT2D eigenvalue weighted by Gasteiger charge is 2.00. The summed E-state index contributed by atoms with van der Waals surface area (Å²) in [4.78, 5) is 0. The molecule has 0 aromatic heterocycles. The van der Waals surface area contributed by atoms with E-state index < -0.39 is 0 Å². The summed E-state index contributed by atoms with van der Waals surface area (Å²) in [7, 11) is 0. The van der Waals surface area contributed by atoms with E-state index in [4.69, 9.17) is 19.7 Å². The molecule has 0 saturated heterocycles. The number of phenolic OH excluding ortho intramolecular Hbond substituents is 2. The van der Waals surface area contributed by atoms with Crippen LogP contribution in [-0.4, -0.2) is 23.4 Å². The lowest BCUT2D eigenvalue weighted by molar-refractivity contribution is 0.301. The van der Waals surface area contributed by atoms with Gasteiger partial charge in [0.1, 0.15) is 36.2 Å². The maximum Gasteiger partial charge on any atom is 0.120 e. The normalized spacial score (nSPS) is 10.0. The largest absolute Gasteiger partial charge is 0.508 e. The third kappa shape index (κ3) is 4.24. The number of rotatable bonds is 6. The summed E-state index contributed by atoms with van der Waals surface area (Å²) in [5, 5.41) is 18.3. The summed E-state index contributed by atoms with van der Waals surface area (Å²) in [6.07, 6.45) is 0. The highest BCUT2D eigenvalue weighted by Crippen LogP contribution is 2.18. The van der Waals surface area contributed by atoms with Crippen LogP contribution in [-0.2, 0) is 0 Å². The molecule has 104 valence electrons. The molecule has 2 N–H and O–H groups in total. The van der Waals surface area contributed by atoms with Crippen LogP contribution in [0.2, 0.25) is 0 Å². The minimum Gasteiger partial charge on any atom is -0.508 e. The quantitative estimate of drug-likeness (QED) is 0.793. The smallest absolute Gasteiger partial charge is 0.120 e. The Labute approximate surface area is 117 Å². The van der Waals surface area contributed by atoms with Crippen LogP contribution in [0.1, 0.15) is 0 Å². The average Bonchev–Trinajstić information content (AvgIpc) is 2.46. The Balaban J connectivity index is 1.75. The molecule has 20 heavy (non-hydrogen) atoms. The molecule has 0 fully saturated rings. The second-order valence-corrected chi connectivity index (χ2v) is 4.32. The van der Waals surface area contributed by atoms with Gasteiger partial charge in [-0.25, -0.2) is 0 Å². The molecule has 0 radical (unpaired) electrons. The predicted octanol–water partition coefficient (Wildman–Crippen LogP) is 3.11. The summed E-state index contributed by atoms with van der Waals surface area (Å²) in [6, 6.07) is 13.0. The van der Waals surface area contributed by atoms with Gasteiger partial charge in [-0.2, -0.15) is 0 Å². The molecule has 0 bridgehead atoms. The lowest BCUT2D eigenvalue weighted by atomic mass is 10.3. The SMILES string of the molecule is C=C(COc1ccc(O)cc1)COc1ccc(O)cc1. The first-order valence-corrected chi connectivity index (χ1v) is 6.14. The number of aromatic hydroxyl groups is 2. The second-order valence-electron chi connectivity index (χ2n) is 4.32. The van der Waals surface area contributed by atoms with E-state index in [1.807, 2.05) is 0 Å². The van der Waals surface area contributed by atoms with Crippen molar-refractivity contribution < 1.29 is 19.7 Å². The Kier molecular flexibility index (Phi) is 4.50. The third-order valence-corrected chi connectivity index (χ3v) is 2.56. The first-order valence-electron chi connectivity index (χ1n) is 6.14. The third-order valence-electron chi connectivity index (χ3n) is 2.56. The van der Waals surface area contributed by atoms with E-state index >= 15 is 0 Å². The zero-order valence-corrected chi connectivity index (χ0v) is 11.0. The van der Waals surface area contributed by atoms with Crippen molar-refractivity contribution in [2.24, 2.45) is 0 Å². The molecule has 0 aliphatic rings. The van der Waals surface area contributed by atoms with Gasteiger partial charge in [-0.1, -0.05) is 6.58 Å². The summed E-state index contributed by atoms with van der Waals surface area (Å²) in [5.74, 6) is 1.72. The fraction of sp³-hybridized carbons (Fsp3) is 0.125. The van der Waals surface area contributed by atoms with Crippen molar-refractivity contribution in [1.82, 2.24) is 0 Å². The zero-order valence-electron chi connectivity index (χ0n) is 11.0. The highest BCUT2D eigenvalue weighted by molar-refractivity contribution is 5.31. The predicted molar refractivity (Wildman–Crippen MR) is 76.3 cm³/mol. The zero-order chi connectivity index (χ0) is 14.4. The molecular weight excluding hydrogens is 256 g/mol. The highest BCUT2D eigenvalue weighted by atomic mass is 16.5. The van der Waals surface area contributed by atoms with Crippen LogP contribution < -0.4 is 9.47 Å². The van der Waals surface area contributed by atoms with Crippen LogP contribution in [0.4, 0.5) is 0 Å². The first kappa shape index (κ1) is 13.8. The first-order chi connectivity index (χ1) is 9.63. The van der Waals surface area contributed by atoms with Crippen molar-refractivity contribution in [3.8, 4) is 23.0 Å². The van der Waals surface area contributed by atoms with Crippen molar-refractivity contribution in [3.63, 3.8) is 0 Å². The van der Waals surface area contributed by atoms with E-state index in [-0.39, 0.29) is 11.5 Å². The summed E-state index contributed by atoms with van der Waals surface area (Å²) in [5.41, 5.74) is 0.783. The Bertz CT molecular complexity index is 507. The average molecular weight is 272 g/mol. The molecule has 2 rings (SSSR count). The van der Waals surface area contributed by atoms with Crippen LogP contribution in [0.5, 0.6) is 23.0 Å². The van der Waals surface area contributed by atoms with Crippen LogP contribution in [0.3, 0.4) is 0 Å². The minimum atomic E-state index is 0.201. The van der Waals surface area contributed by atoms with Crippen molar-refractivity contribution in [2.75, 3.05) is 13.2 Å². The van der Waals surface area contributed by atoms with Gasteiger partial charge >= 0.3 is 0 Å². The fourth-order valence-corrected chi connectivity index (χ4v) is 1.50. The maximum atomic E-state index is 9.15. The van der Waals surface area contributed by atoms with Crippen LogP contribution >= 0.6 is 0 Å². The van der Waals surface area contributed by atoms with Gasteiger partial charge in [-0.05, 0) is 54.1 Å². The van der Waals surface area contributed by atoms with Crippen LogP contribution in [0.15, 0.2) is 60.7 Å². The van der Waals surface area contributed by atoms with E-state index in [1.165, 1.54) is 0 Å². The van der Waals surface area contributed by atoms with Crippen LogP contribution in [0, 0.1) is 0 Å². The monoisotopic (exact) mass is 272 g/mol. The molecule has 2 aromatic carbocycles. The molecule has 0 saturated carbocycles. The lowest BCUT2D eigenvalue weighted by Crippen LogP contribution is -2.08. The molecule has 0 spiro atoms. The number of ether oxygens (including phenoxy) is 2. The number of hydrogen-bond donors (Lipinski definition) is 2. The molecule has 0 aliphatic heterocycles. The van der Waals surface area contributed by atoms with E-state index in [1.54, 1.807) is 48.5 Å². The number of hydrogen-bond acceptors (Lipinski definition) is 4. The Morgan fingerprint density at radius 3 is 1.45 bits per heavy atom. The lowest BCUT2D eigenvalue weighted by Gasteiger charge is -2.10. The Hall–Kier alpha value is -2.62. The van der Waals surface area contributed by atoms with Gasteiger partial charge in [-0.3, -0.25) is 0 Å².